The molecule has 6 heteroatoms. The first-order valence-corrected chi connectivity index (χ1v) is 12.5. The van der Waals surface area contributed by atoms with Gasteiger partial charge in [0.2, 0.25) is 0 Å². The molecule has 0 bridgehead atoms. The van der Waals surface area contributed by atoms with Crippen LogP contribution in [-0.4, -0.2) is 55.0 Å². The molecular weight excluding hydrogens is 458 g/mol. The molecule has 184 valence electrons. The molecule has 1 amide bonds. The minimum atomic E-state index is -0.612. The number of amides is 1. The Bertz CT molecular complexity index is 1120. The smallest absolute Gasteiger partial charge is 0.261 e. The van der Waals surface area contributed by atoms with E-state index in [9.17, 15) is 4.79 Å². The van der Waals surface area contributed by atoms with Crippen molar-refractivity contribution < 1.29 is 9.53 Å². The molecule has 1 aliphatic rings. The number of likely N-dealkylation sites (N-methyl/N-ethyl adjacent to an activating group) is 1. The van der Waals surface area contributed by atoms with E-state index in [1.54, 1.807) is 6.92 Å². The van der Waals surface area contributed by atoms with E-state index in [-0.39, 0.29) is 5.91 Å². The number of piperazine rings is 1. The molecule has 5 nitrogen and oxygen atoms in total. The monoisotopic (exact) mass is 491 g/mol. The van der Waals surface area contributed by atoms with Gasteiger partial charge in [0, 0.05) is 49.9 Å². The Morgan fingerprint density at radius 3 is 2.31 bits per heavy atom. The quantitative estimate of drug-likeness (QED) is 0.473. The summed E-state index contributed by atoms with van der Waals surface area (Å²) in [6, 6.07) is 22.3. The van der Waals surface area contributed by atoms with Gasteiger partial charge in [-0.05, 0) is 61.9 Å². The van der Waals surface area contributed by atoms with Crippen molar-refractivity contribution in [1.82, 2.24) is 15.1 Å². The molecule has 3 aromatic rings. The molecule has 4 rings (SSSR count). The standard InChI is InChI=1S/C29H34ClN3O2/c1-21-4-8-24(9-5-21)25-10-13-28(26(18-25)20-33-16-14-32(3)15-17-33)35-22(2)29(34)31-19-23-6-11-27(30)12-7-23/h4-13,18,22H,14-17,19-20H2,1-3H3,(H,31,34). The van der Waals surface area contributed by atoms with Gasteiger partial charge in [0.1, 0.15) is 5.75 Å². The second-order valence-corrected chi connectivity index (χ2v) is 9.81. The van der Waals surface area contributed by atoms with Crippen LogP contribution in [0.1, 0.15) is 23.6 Å². The van der Waals surface area contributed by atoms with Crippen molar-refractivity contribution >= 4 is 17.5 Å². The van der Waals surface area contributed by atoms with Crippen LogP contribution < -0.4 is 10.1 Å². The van der Waals surface area contributed by atoms with Gasteiger partial charge in [0.15, 0.2) is 6.10 Å². The number of hydrogen-bond acceptors (Lipinski definition) is 4. The van der Waals surface area contributed by atoms with E-state index in [2.05, 4.69) is 65.5 Å². The largest absolute Gasteiger partial charge is 0.481 e. The molecule has 35 heavy (non-hydrogen) atoms. The fraction of sp³-hybridized carbons (Fsp3) is 0.345. The zero-order valence-corrected chi connectivity index (χ0v) is 21.5. The Morgan fingerprint density at radius 1 is 0.971 bits per heavy atom. The molecule has 1 heterocycles. The van der Waals surface area contributed by atoms with Crippen LogP contribution in [-0.2, 0) is 17.9 Å². The maximum absolute atomic E-state index is 12.8. The predicted octanol–water partition coefficient (Wildman–Crippen LogP) is 5.15. The SMILES string of the molecule is Cc1ccc(-c2ccc(OC(C)C(=O)NCc3ccc(Cl)cc3)c(CN3CCN(C)CC3)c2)cc1. The van der Waals surface area contributed by atoms with Crippen LogP contribution in [0.2, 0.25) is 5.02 Å². The minimum absolute atomic E-state index is 0.145. The second kappa shape index (κ2) is 11.7. The third-order valence-electron chi connectivity index (χ3n) is 6.49. The number of halogens is 1. The number of aryl methyl sites for hydroxylation is 1. The fourth-order valence-corrected chi connectivity index (χ4v) is 4.30. The van der Waals surface area contributed by atoms with Crippen LogP contribution >= 0.6 is 11.6 Å². The second-order valence-electron chi connectivity index (χ2n) is 9.37. The van der Waals surface area contributed by atoms with Crippen LogP contribution in [0, 0.1) is 6.92 Å². The number of nitrogens with zero attached hydrogens (tertiary/aromatic N) is 2. The van der Waals surface area contributed by atoms with E-state index >= 15 is 0 Å². The van der Waals surface area contributed by atoms with Crippen LogP contribution in [0.5, 0.6) is 5.75 Å². The van der Waals surface area contributed by atoms with Gasteiger partial charge >= 0.3 is 0 Å². The molecule has 3 aromatic carbocycles. The van der Waals surface area contributed by atoms with Crippen molar-refractivity contribution in [2.24, 2.45) is 0 Å². The summed E-state index contributed by atoms with van der Waals surface area (Å²) >= 11 is 5.95. The first kappa shape index (κ1) is 25.2. The summed E-state index contributed by atoms with van der Waals surface area (Å²) in [5.74, 6) is 0.613. The third-order valence-corrected chi connectivity index (χ3v) is 6.74. The molecule has 0 aromatic heterocycles. The molecular formula is C29H34ClN3O2. The van der Waals surface area contributed by atoms with Gasteiger partial charge in [-0.2, -0.15) is 0 Å². The molecule has 1 N–H and O–H groups in total. The first-order chi connectivity index (χ1) is 16.9. The summed E-state index contributed by atoms with van der Waals surface area (Å²) in [5.41, 5.74) is 5.67. The molecule has 1 aliphatic heterocycles. The molecule has 0 saturated carbocycles. The molecule has 1 unspecified atom stereocenters. The molecule has 0 spiro atoms. The van der Waals surface area contributed by atoms with Crippen molar-refractivity contribution in [2.75, 3.05) is 33.2 Å². The average Bonchev–Trinajstić information content (AvgIpc) is 2.86. The Balaban J connectivity index is 1.48. The van der Waals surface area contributed by atoms with Crippen LogP contribution in [0.3, 0.4) is 0 Å². The van der Waals surface area contributed by atoms with Gasteiger partial charge in [-0.25, -0.2) is 0 Å². The highest BCUT2D eigenvalue weighted by molar-refractivity contribution is 6.30. The lowest BCUT2D eigenvalue weighted by molar-refractivity contribution is -0.127. The van der Waals surface area contributed by atoms with E-state index in [1.807, 2.05) is 30.3 Å². The lowest BCUT2D eigenvalue weighted by Gasteiger charge is -2.33. The van der Waals surface area contributed by atoms with E-state index in [1.165, 1.54) is 11.1 Å². The highest BCUT2D eigenvalue weighted by atomic mass is 35.5. The van der Waals surface area contributed by atoms with Crippen molar-refractivity contribution in [3.8, 4) is 16.9 Å². The maximum Gasteiger partial charge on any atom is 0.261 e. The lowest BCUT2D eigenvalue weighted by Crippen LogP contribution is -2.44. The first-order valence-electron chi connectivity index (χ1n) is 12.2. The average molecular weight is 492 g/mol. The van der Waals surface area contributed by atoms with Crippen molar-refractivity contribution in [1.29, 1.82) is 0 Å². The Labute approximate surface area is 213 Å². The predicted molar refractivity (Wildman–Crippen MR) is 143 cm³/mol. The van der Waals surface area contributed by atoms with E-state index < -0.39 is 6.10 Å². The van der Waals surface area contributed by atoms with E-state index in [0.717, 1.165) is 55.2 Å². The number of carbonyl (C=O) groups is 1. The molecule has 0 aliphatic carbocycles. The molecule has 0 radical (unpaired) electrons. The Hall–Kier alpha value is -2.86. The fourth-order valence-electron chi connectivity index (χ4n) is 4.17. The van der Waals surface area contributed by atoms with Crippen molar-refractivity contribution in [3.63, 3.8) is 0 Å². The van der Waals surface area contributed by atoms with Crippen LogP contribution in [0.15, 0.2) is 66.7 Å². The van der Waals surface area contributed by atoms with Gasteiger partial charge < -0.3 is 15.0 Å². The summed E-state index contributed by atoms with van der Waals surface area (Å²) in [7, 11) is 2.16. The third kappa shape index (κ3) is 7.07. The Kier molecular flexibility index (Phi) is 8.45. The van der Waals surface area contributed by atoms with Crippen molar-refractivity contribution in [2.45, 2.75) is 33.0 Å². The van der Waals surface area contributed by atoms with Crippen LogP contribution in [0.4, 0.5) is 0 Å². The molecule has 1 saturated heterocycles. The Morgan fingerprint density at radius 2 is 1.63 bits per heavy atom. The number of carbonyl (C=O) groups excluding carboxylic acids is 1. The zero-order chi connectivity index (χ0) is 24.8. The van der Waals surface area contributed by atoms with E-state index in [4.69, 9.17) is 16.3 Å². The number of ether oxygens (including phenoxy) is 1. The van der Waals surface area contributed by atoms with E-state index in [0.29, 0.717) is 11.6 Å². The summed E-state index contributed by atoms with van der Waals surface area (Å²) in [6.07, 6.45) is -0.612. The number of benzene rings is 3. The summed E-state index contributed by atoms with van der Waals surface area (Å²) in [6.45, 7) is 9.26. The van der Waals surface area contributed by atoms with Crippen molar-refractivity contribution in [3.05, 3.63) is 88.4 Å². The summed E-state index contributed by atoms with van der Waals surface area (Å²) in [4.78, 5) is 17.6. The van der Waals surface area contributed by atoms with Gasteiger partial charge in [-0.3, -0.25) is 9.69 Å². The molecule has 1 atom stereocenters. The summed E-state index contributed by atoms with van der Waals surface area (Å²) < 4.78 is 6.22. The van der Waals surface area contributed by atoms with Gasteiger partial charge in [-0.15, -0.1) is 0 Å². The summed E-state index contributed by atoms with van der Waals surface area (Å²) in [5, 5.41) is 3.64. The number of hydrogen-bond donors (Lipinski definition) is 1. The molecule has 1 fully saturated rings. The maximum atomic E-state index is 12.8. The van der Waals surface area contributed by atoms with Gasteiger partial charge in [-0.1, -0.05) is 59.6 Å². The highest BCUT2D eigenvalue weighted by Crippen LogP contribution is 2.29. The van der Waals surface area contributed by atoms with Gasteiger partial charge in [0.05, 0.1) is 0 Å². The zero-order valence-electron chi connectivity index (χ0n) is 20.8. The normalized spacial score (nSPS) is 15.5. The van der Waals surface area contributed by atoms with Crippen LogP contribution in [0.25, 0.3) is 11.1 Å². The number of rotatable bonds is 8. The number of nitrogens with one attached hydrogen (secondary N) is 1. The highest BCUT2D eigenvalue weighted by Gasteiger charge is 2.20. The van der Waals surface area contributed by atoms with Gasteiger partial charge in [0.25, 0.3) is 5.91 Å². The lowest BCUT2D eigenvalue weighted by atomic mass is 10.0. The topological polar surface area (TPSA) is 44.8 Å². The minimum Gasteiger partial charge on any atom is -0.481 e.